The highest BCUT2D eigenvalue weighted by atomic mass is 16.3. The molecule has 0 aromatic rings. The van der Waals surface area contributed by atoms with Crippen LogP contribution in [0.1, 0.15) is 52.9 Å². The zero-order chi connectivity index (χ0) is 14.0. The number of aliphatic hydroxyl groups excluding tert-OH is 1. The Hall–Kier alpha value is -0.770. The number of nitrogens with one attached hydrogen (secondary N) is 1. The van der Waals surface area contributed by atoms with Crippen LogP contribution < -0.4 is 5.32 Å². The first kappa shape index (κ1) is 14.6. The summed E-state index contributed by atoms with van der Waals surface area (Å²) in [5, 5.41) is 12.8. The lowest BCUT2D eigenvalue weighted by Gasteiger charge is -2.40. The molecule has 0 aromatic heterocycles. The first-order chi connectivity index (χ1) is 8.87. The number of nitrogens with zero attached hydrogens (tertiary/aromatic N) is 1. The predicted molar refractivity (Wildman–Crippen MR) is 75.9 cm³/mol. The monoisotopic (exact) mass is 268 g/mol. The molecule has 0 bridgehead atoms. The lowest BCUT2D eigenvalue weighted by Crippen LogP contribution is -2.52. The van der Waals surface area contributed by atoms with Crippen molar-refractivity contribution < 1.29 is 9.90 Å². The lowest BCUT2D eigenvalue weighted by molar-refractivity contribution is 0.0790. The third-order valence-electron chi connectivity index (χ3n) is 4.69. The van der Waals surface area contributed by atoms with E-state index in [1.54, 1.807) is 4.90 Å². The van der Waals surface area contributed by atoms with Crippen molar-refractivity contribution in [3.8, 4) is 0 Å². The maximum absolute atomic E-state index is 12.2. The van der Waals surface area contributed by atoms with E-state index in [0.29, 0.717) is 23.9 Å². The van der Waals surface area contributed by atoms with Gasteiger partial charge in [-0.1, -0.05) is 20.8 Å². The fourth-order valence-electron chi connectivity index (χ4n) is 3.55. The van der Waals surface area contributed by atoms with Gasteiger partial charge in [-0.25, -0.2) is 4.79 Å². The topological polar surface area (TPSA) is 52.6 Å². The maximum atomic E-state index is 12.2. The first-order valence-corrected chi connectivity index (χ1v) is 7.61. The second kappa shape index (κ2) is 5.70. The second-order valence-corrected chi connectivity index (χ2v) is 7.18. The number of aliphatic hydroxyl groups is 1. The average Bonchev–Trinajstić information content (AvgIpc) is 2.32. The average molecular weight is 268 g/mol. The van der Waals surface area contributed by atoms with E-state index in [2.05, 4.69) is 26.1 Å². The number of rotatable bonds is 1. The molecule has 1 heterocycles. The number of piperidine rings is 1. The molecule has 3 unspecified atom stereocenters. The molecule has 2 amide bonds. The normalized spacial score (nSPS) is 34.9. The van der Waals surface area contributed by atoms with E-state index in [-0.39, 0.29) is 12.1 Å². The summed E-state index contributed by atoms with van der Waals surface area (Å²) in [6.45, 7) is 8.11. The van der Waals surface area contributed by atoms with Gasteiger partial charge in [0.2, 0.25) is 0 Å². The number of hydrogen-bond acceptors (Lipinski definition) is 2. The summed E-state index contributed by atoms with van der Waals surface area (Å²) in [6.07, 6.45) is 4.78. The minimum Gasteiger partial charge on any atom is -0.391 e. The zero-order valence-corrected chi connectivity index (χ0v) is 12.5. The minimum atomic E-state index is -0.345. The smallest absolute Gasteiger partial charge is 0.317 e. The van der Waals surface area contributed by atoms with Crippen molar-refractivity contribution in [1.29, 1.82) is 0 Å². The molecule has 2 rings (SSSR count). The Kier molecular flexibility index (Phi) is 4.39. The van der Waals surface area contributed by atoms with Crippen LogP contribution in [-0.2, 0) is 0 Å². The molecule has 3 atom stereocenters. The maximum Gasteiger partial charge on any atom is 0.317 e. The number of likely N-dealkylation sites (tertiary alicyclic amines) is 1. The molecular weight excluding hydrogens is 240 g/mol. The van der Waals surface area contributed by atoms with Crippen LogP contribution in [0, 0.1) is 11.3 Å². The van der Waals surface area contributed by atoms with Crippen LogP contribution in [0.3, 0.4) is 0 Å². The van der Waals surface area contributed by atoms with Gasteiger partial charge in [-0.05, 0) is 43.4 Å². The van der Waals surface area contributed by atoms with E-state index < -0.39 is 0 Å². The van der Waals surface area contributed by atoms with Crippen LogP contribution in [0.15, 0.2) is 0 Å². The van der Waals surface area contributed by atoms with Gasteiger partial charge >= 0.3 is 6.03 Å². The lowest BCUT2D eigenvalue weighted by atomic mass is 9.70. The predicted octanol–water partition coefficient (Wildman–Crippen LogP) is 2.37. The molecule has 1 saturated heterocycles. The number of hydrogen-bond donors (Lipinski definition) is 2. The minimum absolute atomic E-state index is 0.00954. The highest BCUT2D eigenvalue weighted by Crippen LogP contribution is 2.38. The van der Waals surface area contributed by atoms with Crippen LogP contribution in [0.25, 0.3) is 0 Å². The molecule has 0 spiro atoms. The summed E-state index contributed by atoms with van der Waals surface area (Å²) in [5.41, 5.74) is 0.405. The molecule has 2 aliphatic rings. The molecule has 110 valence electrons. The molecule has 1 saturated carbocycles. The fraction of sp³-hybridized carbons (Fsp3) is 0.933. The Morgan fingerprint density at radius 2 is 2.11 bits per heavy atom. The van der Waals surface area contributed by atoms with Crippen molar-refractivity contribution in [2.45, 2.75) is 65.0 Å². The van der Waals surface area contributed by atoms with Crippen molar-refractivity contribution in [3.05, 3.63) is 0 Å². The summed E-state index contributed by atoms with van der Waals surface area (Å²) in [5.74, 6) is 0.530. The molecule has 0 radical (unpaired) electrons. The van der Waals surface area contributed by atoms with Crippen molar-refractivity contribution in [3.63, 3.8) is 0 Å². The second-order valence-electron chi connectivity index (χ2n) is 7.18. The fourth-order valence-corrected chi connectivity index (χ4v) is 3.55. The zero-order valence-electron chi connectivity index (χ0n) is 12.5. The molecule has 4 nitrogen and oxygen atoms in total. The van der Waals surface area contributed by atoms with E-state index >= 15 is 0 Å². The Morgan fingerprint density at radius 1 is 1.37 bits per heavy atom. The standard InChI is InChI=1S/C15H28N2O2/c1-11-9-15(2,3)7-6-13(11)16-14(19)17-8-4-5-12(18)10-17/h11-13,18H,4-10H2,1-3H3,(H,16,19). The van der Waals surface area contributed by atoms with Gasteiger partial charge in [0.1, 0.15) is 0 Å². The van der Waals surface area contributed by atoms with Gasteiger partial charge in [0, 0.05) is 19.1 Å². The van der Waals surface area contributed by atoms with Crippen LogP contribution in [0.2, 0.25) is 0 Å². The number of carbonyl (C=O) groups is 1. The molecule has 19 heavy (non-hydrogen) atoms. The van der Waals surface area contributed by atoms with Crippen molar-refractivity contribution in [2.24, 2.45) is 11.3 Å². The van der Waals surface area contributed by atoms with Gasteiger partial charge in [0.25, 0.3) is 0 Å². The van der Waals surface area contributed by atoms with Gasteiger partial charge in [-0.2, -0.15) is 0 Å². The van der Waals surface area contributed by atoms with E-state index in [9.17, 15) is 9.90 Å². The summed E-state index contributed by atoms with van der Waals surface area (Å²) >= 11 is 0. The van der Waals surface area contributed by atoms with Crippen LogP contribution in [0.4, 0.5) is 4.79 Å². The van der Waals surface area contributed by atoms with Crippen LogP contribution in [-0.4, -0.2) is 41.3 Å². The largest absolute Gasteiger partial charge is 0.391 e. The molecule has 0 aromatic carbocycles. The Bertz CT molecular complexity index is 330. The van der Waals surface area contributed by atoms with Gasteiger partial charge in [0.05, 0.1) is 6.10 Å². The summed E-state index contributed by atoms with van der Waals surface area (Å²) in [4.78, 5) is 14.0. The van der Waals surface area contributed by atoms with Crippen LogP contribution >= 0.6 is 0 Å². The van der Waals surface area contributed by atoms with Gasteiger partial charge < -0.3 is 15.3 Å². The Morgan fingerprint density at radius 3 is 2.74 bits per heavy atom. The highest BCUT2D eigenvalue weighted by Gasteiger charge is 2.34. The number of carbonyl (C=O) groups excluding carboxylic acids is 1. The third kappa shape index (κ3) is 3.85. The number of urea groups is 1. The first-order valence-electron chi connectivity index (χ1n) is 7.61. The quantitative estimate of drug-likeness (QED) is 0.767. The van der Waals surface area contributed by atoms with E-state index in [1.165, 1.54) is 12.8 Å². The number of amides is 2. The Balaban J connectivity index is 1.85. The van der Waals surface area contributed by atoms with Gasteiger partial charge in [-0.3, -0.25) is 0 Å². The molecule has 2 fully saturated rings. The van der Waals surface area contributed by atoms with E-state index in [1.807, 2.05) is 0 Å². The summed E-state index contributed by atoms with van der Waals surface area (Å²) < 4.78 is 0. The molecule has 2 N–H and O–H groups in total. The van der Waals surface area contributed by atoms with E-state index in [4.69, 9.17) is 0 Å². The van der Waals surface area contributed by atoms with Crippen molar-refractivity contribution in [1.82, 2.24) is 10.2 Å². The summed E-state index contributed by atoms with van der Waals surface area (Å²) in [6, 6.07) is 0.301. The highest BCUT2D eigenvalue weighted by molar-refractivity contribution is 5.74. The number of β-amino-alcohol motifs (C(OH)–C–C–N with tert-alkyl or cyclic N) is 1. The van der Waals surface area contributed by atoms with Crippen molar-refractivity contribution in [2.75, 3.05) is 13.1 Å². The van der Waals surface area contributed by atoms with Crippen LogP contribution in [0.5, 0.6) is 0 Å². The van der Waals surface area contributed by atoms with Gasteiger partial charge in [-0.15, -0.1) is 0 Å². The molecule has 1 aliphatic heterocycles. The van der Waals surface area contributed by atoms with E-state index in [0.717, 1.165) is 25.8 Å². The molecular formula is C15H28N2O2. The van der Waals surface area contributed by atoms with Crippen molar-refractivity contribution >= 4 is 6.03 Å². The third-order valence-corrected chi connectivity index (χ3v) is 4.69. The summed E-state index contributed by atoms with van der Waals surface area (Å²) in [7, 11) is 0. The molecule has 4 heteroatoms. The molecule has 1 aliphatic carbocycles. The Labute approximate surface area is 116 Å². The van der Waals surface area contributed by atoms with Gasteiger partial charge in [0.15, 0.2) is 0 Å². The SMILES string of the molecule is CC1CC(C)(C)CCC1NC(=O)N1CCCC(O)C1.